The van der Waals surface area contributed by atoms with Crippen LogP contribution < -0.4 is 5.73 Å². The fourth-order valence-electron chi connectivity index (χ4n) is 2.47. The minimum absolute atomic E-state index is 0.352. The highest BCUT2D eigenvalue weighted by molar-refractivity contribution is 9.10. The van der Waals surface area contributed by atoms with Gasteiger partial charge in [0.25, 0.3) is 0 Å². The van der Waals surface area contributed by atoms with Crippen molar-refractivity contribution in [2.24, 2.45) is 11.1 Å². The monoisotopic (exact) mass is 310 g/mol. The zero-order valence-electron chi connectivity index (χ0n) is 9.58. The van der Waals surface area contributed by atoms with Crippen LogP contribution in [-0.4, -0.2) is 11.5 Å². The number of rotatable bonds is 3. The second-order valence-corrected chi connectivity index (χ2v) is 6.98. The van der Waals surface area contributed by atoms with Crippen molar-refractivity contribution in [1.82, 2.24) is 4.98 Å². The average Bonchev–Trinajstić information content (AvgIpc) is 2.65. The molecule has 1 heterocycles. The highest BCUT2D eigenvalue weighted by atomic mass is 79.9. The van der Waals surface area contributed by atoms with E-state index in [0.29, 0.717) is 5.41 Å². The number of aromatic nitrogens is 1. The number of nitrogens with two attached hydrogens (primary N) is 1. The number of nitrogens with zero attached hydrogens (tertiary/aromatic N) is 1. The first-order valence-corrected chi connectivity index (χ1v) is 7.57. The summed E-state index contributed by atoms with van der Waals surface area (Å²) in [5.74, 6) is 0. The quantitative estimate of drug-likeness (QED) is 0.938. The molecule has 1 saturated carbocycles. The van der Waals surface area contributed by atoms with Gasteiger partial charge in [-0.05, 0) is 43.0 Å². The van der Waals surface area contributed by atoms with Gasteiger partial charge in [0.2, 0.25) is 0 Å². The molecule has 2 nitrogen and oxygen atoms in total. The van der Waals surface area contributed by atoms with E-state index in [9.17, 15) is 0 Å². The van der Waals surface area contributed by atoms with E-state index in [-0.39, 0.29) is 0 Å². The van der Waals surface area contributed by atoms with Crippen molar-refractivity contribution < 1.29 is 0 Å². The molecule has 1 fully saturated rings. The minimum Gasteiger partial charge on any atom is -0.330 e. The van der Waals surface area contributed by atoms with Gasteiger partial charge in [-0.25, -0.2) is 4.98 Å². The molecule has 1 aliphatic rings. The standard InChI is InChI=1S/C13H15BrN2S/c14-9-2-3-11-10(6-9)16-12(17-11)7-13(8-15)4-1-5-13/h2-3,6H,1,4-5,7-8,15H2. The van der Waals surface area contributed by atoms with Crippen LogP contribution in [0.1, 0.15) is 24.3 Å². The number of fused-ring (bicyclic) bond motifs is 1. The second-order valence-electron chi connectivity index (χ2n) is 4.95. The molecule has 0 bridgehead atoms. The van der Waals surface area contributed by atoms with Crippen molar-refractivity contribution in [3.8, 4) is 0 Å². The molecule has 2 N–H and O–H groups in total. The summed E-state index contributed by atoms with van der Waals surface area (Å²) < 4.78 is 2.37. The summed E-state index contributed by atoms with van der Waals surface area (Å²) in [6, 6.07) is 6.30. The molecule has 1 aliphatic carbocycles. The molecular formula is C13H15BrN2S. The molecule has 0 aliphatic heterocycles. The topological polar surface area (TPSA) is 38.9 Å². The van der Waals surface area contributed by atoms with Gasteiger partial charge in [-0.3, -0.25) is 0 Å². The number of benzene rings is 1. The lowest BCUT2D eigenvalue weighted by atomic mass is 9.67. The van der Waals surface area contributed by atoms with Crippen LogP contribution in [0.5, 0.6) is 0 Å². The normalized spacial score (nSPS) is 18.2. The van der Waals surface area contributed by atoms with Gasteiger partial charge in [-0.2, -0.15) is 0 Å². The SMILES string of the molecule is NCC1(Cc2nc3cc(Br)ccc3s2)CCC1. The number of halogens is 1. The van der Waals surface area contributed by atoms with Gasteiger partial charge in [0.05, 0.1) is 15.2 Å². The summed E-state index contributed by atoms with van der Waals surface area (Å²) in [5.41, 5.74) is 7.36. The van der Waals surface area contributed by atoms with Crippen LogP contribution in [0.2, 0.25) is 0 Å². The fourth-order valence-corrected chi connectivity index (χ4v) is 3.94. The highest BCUT2D eigenvalue weighted by Crippen LogP contribution is 2.43. The maximum atomic E-state index is 5.90. The average molecular weight is 311 g/mol. The van der Waals surface area contributed by atoms with Crippen LogP contribution >= 0.6 is 27.3 Å². The maximum Gasteiger partial charge on any atom is 0.0944 e. The molecule has 0 spiro atoms. The summed E-state index contributed by atoms with van der Waals surface area (Å²) in [7, 11) is 0. The molecule has 1 aromatic heterocycles. The summed E-state index contributed by atoms with van der Waals surface area (Å²) in [4.78, 5) is 4.72. The van der Waals surface area contributed by atoms with Crippen LogP contribution in [0.4, 0.5) is 0 Å². The Hall–Kier alpha value is -0.450. The van der Waals surface area contributed by atoms with Crippen molar-refractivity contribution in [1.29, 1.82) is 0 Å². The van der Waals surface area contributed by atoms with Crippen LogP contribution in [0.15, 0.2) is 22.7 Å². The van der Waals surface area contributed by atoms with Crippen LogP contribution in [0.25, 0.3) is 10.2 Å². The Kier molecular flexibility index (Phi) is 2.97. The molecule has 4 heteroatoms. The lowest BCUT2D eigenvalue weighted by molar-refractivity contribution is 0.145. The van der Waals surface area contributed by atoms with Gasteiger partial charge in [-0.1, -0.05) is 22.4 Å². The third-order valence-electron chi connectivity index (χ3n) is 3.77. The van der Waals surface area contributed by atoms with Crippen molar-refractivity contribution in [2.45, 2.75) is 25.7 Å². The smallest absolute Gasteiger partial charge is 0.0944 e. The Morgan fingerprint density at radius 3 is 2.88 bits per heavy atom. The predicted octanol–water partition coefficient (Wildman–Crippen LogP) is 3.73. The van der Waals surface area contributed by atoms with Crippen LogP contribution in [-0.2, 0) is 6.42 Å². The third-order valence-corrected chi connectivity index (χ3v) is 5.30. The van der Waals surface area contributed by atoms with Crippen molar-refractivity contribution >= 4 is 37.5 Å². The molecule has 0 amide bonds. The van der Waals surface area contributed by atoms with E-state index >= 15 is 0 Å². The van der Waals surface area contributed by atoms with Gasteiger partial charge in [-0.15, -0.1) is 11.3 Å². The first kappa shape index (κ1) is 11.6. The lowest BCUT2D eigenvalue weighted by Crippen LogP contribution is -2.39. The van der Waals surface area contributed by atoms with Gasteiger partial charge < -0.3 is 5.73 Å². The Bertz CT molecular complexity index is 540. The van der Waals surface area contributed by atoms with Gasteiger partial charge in [0, 0.05) is 10.9 Å². The maximum absolute atomic E-state index is 5.90. The largest absolute Gasteiger partial charge is 0.330 e. The number of hydrogen-bond acceptors (Lipinski definition) is 3. The predicted molar refractivity (Wildman–Crippen MR) is 76.4 cm³/mol. The van der Waals surface area contributed by atoms with E-state index in [4.69, 9.17) is 10.7 Å². The van der Waals surface area contributed by atoms with Crippen molar-refractivity contribution in [3.05, 3.63) is 27.7 Å². The van der Waals surface area contributed by atoms with E-state index < -0.39 is 0 Å². The van der Waals surface area contributed by atoms with E-state index in [1.54, 1.807) is 0 Å². The molecule has 90 valence electrons. The van der Waals surface area contributed by atoms with E-state index in [2.05, 4.69) is 34.1 Å². The molecule has 3 rings (SSSR count). The van der Waals surface area contributed by atoms with Crippen LogP contribution in [0.3, 0.4) is 0 Å². The van der Waals surface area contributed by atoms with Crippen molar-refractivity contribution in [3.63, 3.8) is 0 Å². The second kappa shape index (κ2) is 4.34. The summed E-state index contributed by atoms with van der Waals surface area (Å²) in [6.45, 7) is 0.798. The first-order valence-electron chi connectivity index (χ1n) is 5.96. The molecule has 0 saturated heterocycles. The van der Waals surface area contributed by atoms with Gasteiger partial charge in [0.15, 0.2) is 0 Å². The summed E-state index contributed by atoms with van der Waals surface area (Å²) in [5, 5.41) is 1.24. The van der Waals surface area contributed by atoms with Gasteiger partial charge in [0.1, 0.15) is 0 Å². The molecule has 17 heavy (non-hydrogen) atoms. The fraction of sp³-hybridized carbons (Fsp3) is 0.462. The lowest BCUT2D eigenvalue weighted by Gasteiger charge is -2.40. The van der Waals surface area contributed by atoms with E-state index in [0.717, 1.165) is 23.0 Å². The Labute approximate surface area is 113 Å². The molecule has 0 atom stereocenters. The Morgan fingerprint density at radius 2 is 2.24 bits per heavy atom. The van der Waals surface area contributed by atoms with E-state index in [1.165, 1.54) is 29.0 Å². The Balaban J connectivity index is 1.90. The van der Waals surface area contributed by atoms with Crippen LogP contribution in [0, 0.1) is 5.41 Å². The molecule has 0 unspecified atom stereocenters. The number of hydrogen-bond donors (Lipinski definition) is 1. The first-order chi connectivity index (χ1) is 8.21. The summed E-state index contributed by atoms with van der Waals surface area (Å²) in [6.07, 6.45) is 4.92. The molecule has 0 radical (unpaired) electrons. The minimum atomic E-state index is 0.352. The molecule has 2 aromatic rings. The van der Waals surface area contributed by atoms with Crippen molar-refractivity contribution in [2.75, 3.05) is 6.54 Å². The Morgan fingerprint density at radius 1 is 1.41 bits per heavy atom. The zero-order valence-corrected chi connectivity index (χ0v) is 12.0. The van der Waals surface area contributed by atoms with E-state index in [1.807, 2.05) is 11.3 Å². The third kappa shape index (κ3) is 2.14. The highest BCUT2D eigenvalue weighted by Gasteiger charge is 2.36. The zero-order chi connectivity index (χ0) is 11.9. The number of thiazole rings is 1. The summed E-state index contributed by atoms with van der Waals surface area (Å²) >= 11 is 5.30. The molecule has 1 aromatic carbocycles. The van der Waals surface area contributed by atoms with Gasteiger partial charge >= 0.3 is 0 Å². The molecular weight excluding hydrogens is 296 g/mol.